The van der Waals surface area contributed by atoms with E-state index in [0.29, 0.717) is 11.3 Å². The maximum absolute atomic E-state index is 12.0. The van der Waals surface area contributed by atoms with Crippen molar-refractivity contribution in [2.75, 3.05) is 5.32 Å². The van der Waals surface area contributed by atoms with Crippen molar-refractivity contribution in [3.8, 4) is 5.75 Å². The van der Waals surface area contributed by atoms with E-state index in [1.807, 2.05) is 0 Å². The molecule has 0 fully saturated rings. The fourth-order valence-electron chi connectivity index (χ4n) is 1.53. The number of hydrogen-bond donors (Lipinski definition) is 2. The first kappa shape index (κ1) is 13.5. The first-order valence-corrected chi connectivity index (χ1v) is 6.53. The Kier molecular flexibility index (Phi) is 4.16. The number of carbonyl (C=O) groups is 2. The average molecular weight is 367 g/mol. The van der Waals surface area contributed by atoms with Crippen LogP contribution in [-0.4, -0.2) is 17.3 Å². The third-order valence-corrected chi connectivity index (χ3v) is 3.18. The van der Waals surface area contributed by atoms with E-state index >= 15 is 0 Å². The highest BCUT2D eigenvalue weighted by atomic mass is 127. The third kappa shape index (κ3) is 3.31. The molecule has 0 spiro atoms. The molecular formula is C14H10INO3. The Hall–Kier alpha value is -1.89. The number of anilines is 1. The maximum Gasteiger partial charge on any atom is 0.259 e. The molecule has 0 unspecified atom stereocenters. The number of phenolic OH excluding ortho intramolecular Hbond substituents is 1. The summed E-state index contributed by atoms with van der Waals surface area (Å²) in [6, 6.07) is 11.3. The van der Waals surface area contributed by atoms with E-state index in [0.717, 1.165) is 9.86 Å². The van der Waals surface area contributed by atoms with Crippen LogP contribution in [0.2, 0.25) is 0 Å². The van der Waals surface area contributed by atoms with E-state index < -0.39 is 5.91 Å². The van der Waals surface area contributed by atoms with Crippen LogP contribution in [0.4, 0.5) is 5.69 Å². The number of rotatable bonds is 3. The van der Waals surface area contributed by atoms with Crippen molar-refractivity contribution in [2.24, 2.45) is 0 Å². The number of aromatic hydroxyl groups is 1. The van der Waals surface area contributed by atoms with Gasteiger partial charge in [0.05, 0.1) is 5.56 Å². The van der Waals surface area contributed by atoms with Crippen molar-refractivity contribution < 1.29 is 14.7 Å². The van der Waals surface area contributed by atoms with Crippen molar-refractivity contribution in [1.29, 1.82) is 0 Å². The topological polar surface area (TPSA) is 66.4 Å². The zero-order valence-corrected chi connectivity index (χ0v) is 11.9. The van der Waals surface area contributed by atoms with Gasteiger partial charge in [0.25, 0.3) is 5.91 Å². The molecule has 0 aliphatic carbocycles. The fourth-order valence-corrected chi connectivity index (χ4v) is 2.02. The number of hydrogen-bond acceptors (Lipinski definition) is 3. The standard InChI is InChI=1S/C14H10INO3/c15-10-3-6-13(18)12(7-10)14(19)16-11-4-1-9(8-17)2-5-11/h1-8,18H,(H,16,19). The molecule has 0 saturated heterocycles. The molecule has 2 rings (SSSR count). The molecule has 96 valence electrons. The summed E-state index contributed by atoms with van der Waals surface area (Å²) in [7, 11) is 0. The molecule has 0 heterocycles. The summed E-state index contributed by atoms with van der Waals surface area (Å²) < 4.78 is 0.858. The number of carbonyl (C=O) groups excluding carboxylic acids is 2. The van der Waals surface area contributed by atoms with Gasteiger partial charge < -0.3 is 10.4 Å². The van der Waals surface area contributed by atoms with Crippen LogP contribution >= 0.6 is 22.6 Å². The predicted molar refractivity (Wildman–Crippen MR) is 80.6 cm³/mol. The van der Waals surface area contributed by atoms with Gasteiger partial charge in [0.2, 0.25) is 0 Å². The number of benzene rings is 2. The lowest BCUT2D eigenvalue weighted by atomic mass is 10.1. The number of halogens is 1. The van der Waals surface area contributed by atoms with Gasteiger partial charge in [0, 0.05) is 14.8 Å². The molecule has 2 N–H and O–H groups in total. The minimum Gasteiger partial charge on any atom is -0.507 e. The summed E-state index contributed by atoms with van der Waals surface area (Å²) in [6.45, 7) is 0. The van der Waals surface area contributed by atoms with Gasteiger partial charge in [-0.15, -0.1) is 0 Å². The second-order valence-corrected chi connectivity index (χ2v) is 5.10. The highest BCUT2D eigenvalue weighted by Crippen LogP contribution is 2.21. The first-order chi connectivity index (χ1) is 9.10. The van der Waals surface area contributed by atoms with Crippen molar-refractivity contribution in [3.05, 3.63) is 57.2 Å². The molecule has 0 aromatic heterocycles. The maximum atomic E-state index is 12.0. The normalized spacial score (nSPS) is 9.95. The number of amides is 1. The van der Waals surface area contributed by atoms with Crippen molar-refractivity contribution in [1.82, 2.24) is 0 Å². The number of aldehydes is 1. The summed E-state index contributed by atoms with van der Waals surface area (Å²) in [5.74, 6) is -0.461. The minimum atomic E-state index is -0.394. The molecule has 2 aromatic rings. The predicted octanol–water partition coefficient (Wildman–Crippen LogP) is 3.06. The van der Waals surface area contributed by atoms with Crippen molar-refractivity contribution in [3.63, 3.8) is 0 Å². The van der Waals surface area contributed by atoms with E-state index in [9.17, 15) is 14.7 Å². The van der Waals surface area contributed by atoms with Crippen LogP contribution in [0, 0.1) is 3.57 Å². The van der Waals surface area contributed by atoms with Gasteiger partial charge in [-0.25, -0.2) is 0 Å². The smallest absolute Gasteiger partial charge is 0.259 e. The Balaban J connectivity index is 2.20. The molecule has 1 amide bonds. The molecule has 0 radical (unpaired) electrons. The summed E-state index contributed by atoms with van der Waals surface area (Å²) in [5.41, 5.74) is 1.32. The lowest BCUT2D eigenvalue weighted by molar-refractivity contribution is 0.102. The monoisotopic (exact) mass is 367 g/mol. The number of nitrogens with one attached hydrogen (secondary N) is 1. The zero-order chi connectivity index (χ0) is 13.8. The largest absolute Gasteiger partial charge is 0.507 e. The Labute approximate surface area is 123 Å². The lowest BCUT2D eigenvalue weighted by Crippen LogP contribution is -2.12. The quantitative estimate of drug-likeness (QED) is 0.647. The Bertz CT molecular complexity index is 623. The summed E-state index contributed by atoms with van der Waals surface area (Å²) in [6.07, 6.45) is 0.733. The average Bonchev–Trinajstić information content (AvgIpc) is 2.42. The van der Waals surface area contributed by atoms with Gasteiger partial charge in [-0.05, 0) is 65.1 Å². The highest BCUT2D eigenvalue weighted by Gasteiger charge is 2.11. The van der Waals surface area contributed by atoms with E-state index in [1.54, 1.807) is 36.4 Å². The Morgan fingerprint density at radius 2 is 1.84 bits per heavy atom. The summed E-state index contributed by atoms with van der Waals surface area (Å²) in [5, 5.41) is 12.3. The van der Waals surface area contributed by atoms with Gasteiger partial charge in [0.1, 0.15) is 12.0 Å². The van der Waals surface area contributed by atoms with Crippen LogP contribution in [0.3, 0.4) is 0 Å². The molecule has 0 bridgehead atoms. The van der Waals surface area contributed by atoms with Gasteiger partial charge >= 0.3 is 0 Å². The van der Waals surface area contributed by atoms with Crippen LogP contribution < -0.4 is 5.32 Å². The zero-order valence-electron chi connectivity index (χ0n) is 9.76. The molecule has 0 aliphatic rings. The second-order valence-electron chi connectivity index (χ2n) is 3.86. The molecule has 2 aromatic carbocycles. The van der Waals surface area contributed by atoms with E-state index in [2.05, 4.69) is 27.9 Å². The van der Waals surface area contributed by atoms with Crippen LogP contribution in [-0.2, 0) is 0 Å². The van der Waals surface area contributed by atoms with E-state index in [1.165, 1.54) is 6.07 Å². The van der Waals surface area contributed by atoms with Gasteiger partial charge in [-0.1, -0.05) is 0 Å². The summed E-state index contributed by atoms with van der Waals surface area (Å²) in [4.78, 5) is 22.5. The second kappa shape index (κ2) is 5.83. The van der Waals surface area contributed by atoms with E-state index in [-0.39, 0.29) is 11.3 Å². The molecule has 0 atom stereocenters. The molecule has 0 saturated carbocycles. The summed E-state index contributed by atoms with van der Waals surface area (Å²) >= 11 is 2.07. The Morgan fingerprint density at radius 3 is 2.47 bits per heavy atom. The van der Waals surface area contributed by atoms with Crippen LogP contribution in [0.25, 0.3) is 0 Å². The van der Waals surface area contributed by atoms with Gasteiger partial charge in [-0.3, -0.25) is 9.59 Å². The van der Waals surface area contributed by atoms with Crippen molar-refractivity contribution in [2.45, 2.75) is 0 Å². The SMILES string of the molecule is O=Cc1ccc(NC(=O)c2cc(I)ccc2O)cc1. The highest BCUT2D eigenvalue weighted by molar-refractivity contribution is 14.1. The van der Waals surface area contributed by atoms with Gasteiger partial charge in [0.15, 0.2) is 0 Å². The first-order valence-electron chi connectivity index (χ1n) is 5.45. The molecule has 19 heavy (non-hydrogen) atoms. The van der Waals surface area contributed by atoms with E-state index in [4.69, 9.17) is 0 Å². The minimum absolute atomic E-state index is 0.0672. The molecular weight excluding hydrogens is 357 g/mol. The van der Waals surface area contributed by atoms with Crippen LogP contribution in [0.1, 0.15) is 20.7 Å². The fraction of sp³-hybridized carbons (Fsp3) is 0. The number of phenols is 1. The third-order valence-electron chi connectivity index (χ3n) is 2.51. The molecule has 4 nitrogen and oxygen atoms in total. The Morgan fingerprint density at radius 1 is 1.16 bits per heavy atom. The molecule has 5 heteroatoms. The lowest BCUT2D eigenvalue weighted by Gasteiger charge is -2.07. The van der Waals surface area contributed by atoms with Crippen LogP contribution in [0.5, 0.6) is 5.75 Å². The van der Waals surface area contributed by atoms with Crippen LogP contribution in [0.15, 0.2) is 42.5 Å². The van der Waals surface area contributed by atoms with Crippen molar-refractivity contribution >= 4 is 40.5 Å². The van der Waals surface area contributed by atoms with Gasteiger partial charge in [-0.2, -0.15) is 0 Å². The molecule has 0 aliphatic heterocycles.